The molecule has 1 aliphatic heterocycles. The molecule has 6 heteroatoms. The number of amides is 1. The summed E-state index contributed by atoms with van der Waals surface area (Å²) in [4.78, 5) is 32.0. The van der Waals surface area contributed by atoms with Crippen molar-refractivity contribution in [2.45, 2.75) is 46.3 Å². The molecule has 0 saturated carbocycles. The molecule has 1 unspecified atom stereocenters. The lowest BCUT2D eigenvalue weighted by Crippen LogP contribution is -2.29. The van der Waals surface area contributed by atoms with E-state index in [2.05, 4.69) is 11.9 Å². The Labute approximate surface area is 199 Å². The fourth-order valence-corrected chi connectivity index (χ4v) is 4.19. The number of aromatic nitrogens is 1. The highest BCUT2D eigenvalue weighted by Gasteiger charge is 2.47. The zero-order chi connectivity index (χ0) is 24.4. The van der Waals surface area contributed by atoms with E-state index in [0.29, 0.717) is 22.6 Å². The summed E-state index contributed by atoms with van der Waals surface area (Å²) >= 11 is 0. The highest BCUT2D eigenvalue weighted by molar-refractivity contribution is 6.51. The average Bonchev–Trinajstić information content (AvgIpc) is 3.10. The summed E-state index contributed by atoms with van der Waals surface area (Å²) in [5.74, 6) is -0.913. The fourth-order valence-electron chi connectivity index (χ4n) is 4.19. The third-order valence-electron chi connectivity index (χ3n) is 5.90. The number of nitrogens with zero attached hydrogens (tertiary/aromatic N) is 2. The minimum Gasteiger partial charge on any atom is -0.507 e. The molecule has 174 valence electrons. The van der Waals surface area contributed by atoms with Gasteiger partial charge < -0.3 is 9.84 Å². The Bertz CT molecular complexity index is 1250. The second-order valence-electron chi connectivity index (χ2n) is 8.62. The highest BCUT2D eigenvalue weighted by atomic mass is 16.5. The van der Waals surface area contributed by atoms with Gasteiger partial charge in [-0.15, -0.1) is 0 Å². The molecule has 6 nitrogen and oxygen atoms in total. The molecule has 0 aliphatic carbocycles. The first-order chi connectivity index (χ1) is 16.3. The number of hydrogen-bond donors (Lipinski definition) is 1. The lowest BCUT2D eigenvalue weighted by Gasteiger charge is -2.25. The third-order valence-corrected chi connectivity index (χ3v) is 5.90. The zero-order valence-corrected chi connectivity index (χ0v) is 19.8. The van der Waals surface area contributed by atoms with Crippen molar-refractivity contribution in [3.63, 3.8) is 0 Å². The van der Waals surface area contributed by atoms with Crippen LogP contribution in [0.5, 0.6) is 5.75 Å². The molecule has 1 amide bonds. The number of benzene rings is 2. The highest BCUT2D eigenvalue weighted by Crippen LogP contribution is 2.42. The molecule has 3 aromatic rings. The van der Waals surface area contributed by atoms with Crippen LogP contribution in [0.25, 0.3) is 5.76 Å². The van der Waals surface area contributed by atoms with Gasteiger partial charge in [-0.05, 0) is 86.3 Å². The van der Waals surface area contributed by atoms with Crippen LogP contribution in [0.4, 0.5) is 5.69 Å². The molecule has 1 N–H and O–H groups in total. The van der Waals surface area contributed by atoms with Gasteiger partial charge >= 0.3 is 0 Å². The number of Topliss-reactive ketones (excluding diaryl/α,β-unsaturated/α-hetero) is 1. The smallest absolute Gasteiger partial charge is 0.300 e. The van der Waals surface area contributed by atoms with E-state index in [1.165, 1.54) is 4.90 Å². The van der Waals surface area contributed by atoms with Gasteiger partial charge in [0.25, 0.3) is 11.7 Å². The molecular weight excluding hydrogens is 428 g/mol. The average molecular weight is 457 g/mol. The van der Waals surface area contributed by atoms with E-state index in [0.717, 1.165) is 17.5 Å². The Balaban J connectivity index is 1.86. The summed E-state index contributed by atoms with van der Waals surface area (Å²) in [7, 11) is 0. The van der Waals surface area contributed by atoms with Gasteiger partial charge in [-0.1, -0.05) is 19.1 Å². The van der Waals surface area contributed by atoms with E-state index < -0.39 is 17.7 Å². The minimum absolute atomic E-state index is 0.00857. The molecule has 2 heterocycles. The normalized spacial score (nSPS) is 17.4. The fraction of sp³-hybridized carbons (Fsp3) is 0.250. The van der Waals surface area contributed by atoms with Crippen LogP contribution < -0.4 is 9.64 Å². The number of ether oxygens (including phenoxy) is 1. The summed E-state index contributed by atoms with van der Waals surface area (Å²) in [5.41, 5.74) is 3.73. The van der Waals surface area contributed by atoms with Gasteiger partial charge in [0.2, 0.25) is 0 Å². The first kappa shape index (κ1) is 23.2. The SMILES string of the molecule is CCc1ccc(N2C(=O)C(=O)/C(=C(\O)c3ccc(OC(C)C)c(C)c3)C2c2ccncc2)cc1. The maximum absolute atomic E-state index is 13.3. The first-order valence-electron chi connectivity index (χ1n) is 11.4. The number of rotatable bonds is 6. The van der Waals surface area contributed by atoms with Crippen LogP contribution in [-0.2, 0) is 16.0 Å². The zero-order valence-electron chi connectivity index (χ0n) is 19.8. The van der Waals surface area contributed by atoms with Crippen molar-refractivity contribution < 1.29 is 19.4 Å². The molecule has 1 atom stereocenters. The van der Waals surface area contributed by atoms with Crippen molar-refractivity contribution in [1.29, 1.82) is 0 Å². The van der Waals surface area contributed by atoms with E-state index in [4.69, 9.17) is 4.74 Å². The number of anilines is 1. The van der Waals surface area contributed by atoms with Crippen LogP contribution in [-0.4, -0.2) is 27.9 Å². The van der Waals surface area contributed by atoms with E-state index in [1.807, 2.05) is 45.0 Å². The molecule has 4 rings (SSSR count). The monoisotopic (exact) mass is 456 g/mol. The Morgan fingerprint density at radius 2 is 1.74 bits per heavy atom. The standard InChI is InChI=1S/C28H28N2O4/c1-5-19-6-9-22(10-7-19)30-25(20-12-14-29-15-13-20)24(27(32)28(30)33)26(31)21-8-11-23(18(4)16-21)34-17(2)3/h6-17,25,31H,5H2,1-4H3/b26-24-. The van der Waals surface area contributed by atoms with Crippen molar-refractivity contribution in [2.75, 3.05) is 4.90 Å². The molecule has 1 fully saturated rings. The Hall–Kier alpha value is -3.93. The van der Waals surface area contributed by atoms with Gasteiger partial charge in [0.05, 0.1) is 17.7 Å². The third kappa shape index (κ3) is 4.31. The topological polar surface area (TPSA) is 79.7 Å². The van der Waals surface area contributed by atoms with Crippen molar-refractivity contribution in [3.8, 4) is 5.75 Å². The van der Waals surface area contributed by atoms with Crippen molar-refractivity contribution in [1.82, 2.24) is 4.98 Å². The number of aliphatic hydroxyl groups is 1. The molecule has 0 radical (unpaired) electrons. The number of ketones is 1. The second-order valence-corrected chi connectivity index (χ2v) is 8.62. The summed E-state index contributed by atoms with van der Waals surface area (Å²) in [6.45, 7) is 7.81. The minimum atomic E-state index is -0.776. The summed E-state index contributed by atoms with van der Waals surface area (Å²) in [6, 6.07) is 15.5. The quantitative estimate of drug-likeness (QED) is 0.307. The van der Waals surface area contributed by atoms with Crippen LogP contribution in [0.1, 0.15) is 49.1 Å². The van der Waals surface area contributed by atoms with E-state index in [9.17, 15) is 14.7 Å². The molecule has 0 bridgehead atoms. The number of hydrogen-bond acceptors (Lipinski definition) is 5. The second kappa shape index (κ2) is 9.51. The lowest BCUT2D eigenvalue weighted by molar-refractivity contribution is -0.132. The van der Waals surface area contributed by atoms with Crippen LogP contribution >= 0.6 is 0 Å². The van der Waals surface area contributed by atoms with Gasteiger partial charge in [0.1, 0.15) is 11.5 Å². The van der Waals surface area contributed by atoms with E-state index in [-0.39, 0.29) is 17.4 Å². The molecule has 0 spiro atoms. The number of pyridine rings is 1. The Morgan fingerprint density at radius 3 is 2.32 bits per heavy atom. The summed E-state index contributed by atoms with van der Waals surface area (Å²) in [6.07, 6.45) is 4.09. The van der Waals surface area contributed by atoms with Gasteiger partial charge in [-0.2, -0.15) is 0 Å². The van der Waals surface area contributed by atoms with Gasteiger partial charge in [-0.3, -0.25) is 19.5 Å². The van der Waals surface area contributed by atoms with Crippen molar-refractivity contribution in [3.05, 3.63) is 94.8 Å². The molecule has 1 aliphatic rings. The number of carbonyl (C=O) groups is 2. The van der Waals surface area contributed by atoms with Crippen molar-refractivity contribution >= 4 is 23.1 Å². The van der Waals surface area contributed by atoms with Crippen LogP contribution in [0, 0.1) is 6.92 Å². The number of aryl methyl sites for hydroxylation is 2. The van der Waals surface area contributed by atoms with Gasteiger partial charge in [-0.25, -0.2) is 0 Å². The number of carbonyl (C=O) groups excluding carboxylic acids is 2. The molecular formula is C28H28N2O4. The summed E-state index contributed by atoms with van der Waals surface area (Å²) < 4.78 is 5.79. The maximum atomic E-state index is 13.3. The Kier molecular flexibility index (Phi) is 6.50. The van der Waals surface area contributed by atoms with Crippen LogP contribution in [0.15, 0.2) is 72.6 Å². The van der Waals surface area contributed by atoms with Crippen LogP contribution in [0.3, 0.4) is 0 Å². The maximum Gasteiger partial charge on any atom is 0.300 e. The first-order valence-corrected chi connectivity index (χ1v) is 11.4. The van der Waals surface area contributed by atoms with Gasteiger partial charge in [0.15, 0.2) is 0 Å². The largest absolute Gasteiger partial charge is 0.507 e. The lowest BCUT2D eigenvalue weighted by atomic mass is 9.95. The summed E-state index contributed by atoms with van der Waals surface area (Å²) in [5, 5.41) is 11.3. The van der Waals surface area contributed by atoms with E-state index >= 15 is 0 Å². The Morgan fingerprint density at radius 1 is 1.06 bits per heavy atom. The molecule has 1 aromatic heterocycles. The van der Waals surface area contributed by atoms with E-state index in [1.54, 1.807) is 42.7 Å². The molecule has 1 saturated heterocycles. The predicted molar refractivity (Wildman–Crippen MR) is 132 cm³/mol. The van der Waals surface area contributed by atoms with Gasteiger partial charge in [0, 0.05) is 23.6 Å². The number of aliphatic hydroxyl groups excluding tert-OH is 1. The molecule has 2 aromatic carbocycles. The predicted octanol–water partition coefficient (Wildman–Crippen LogP) is 5.37. The van der Waals surface area contributed by atoms with Crippen molar-refractivity contribution in [2.24, 2.45) is 0 Å². The van der Waals surface area contributed by atoms with Crippen LogP contribution in [0.2, 0.25) is 0 Å². The molecule has 34 heavy (non-hydrogen) atoms.